The van der Waals surface area contributed by atoms with Crippen molar-refractivity contribution in [2.45, 2.75) is 39.5 Å². The summed E-state index contributed by atoms with van der Waals surface area (Å²) in [7, 11) is 0. The Kier molecular flexibility index (Phi) is 4.96. The Hall–Kier alpha value is -1.24. The lowest BCUT2D eigenvalue weighted by Crippen LogP contribution is -1.80. The molecule has 0 unspecified atom stereocenters. The minimum Gasteiger partial charge on any atom is -0.508 e. The third kappa shape index (κ3) is 3.78. The van der Waals surface area contributed by atoms with Crippen LogP contribution in [0.2, 0.25) is 0 Å². The molecule has 82 valence electrons. The van der Waals surface area contributed by atoms with Gasteiger partial charge in [-0.15, -0.1) is 0 Å². The number of hydrogen-bond donors (Lipinski definition) is 1. The van der Waals surface area contributed by atoms with Gasteiger partial charge in [-0.1, -0.05) is 44.1 Å². The maximum Gasteiger partial charge on any atom is 0.119 e. The van der Waals surface area contributed by atoms with Gasteiger partial charge in [0.15, 0.2) is 0 Å². The van der Waals surface area contributed by atoms with Crippen molar-refractivity contribution in [1.29, 1.82) is 0 Å². The van der Waals surface area contributed by atoms with E-state index in [9.17, 15) is 5.11 Å². The molecule has 0 fully saturated rings. The highest BCUT2D eigenvalue weighted by Crippen LogP contribution is 2.20. The van der Waals surface area contributed by atoms with Gasteiger partial charge in [0.2, 0.25) is 0 Å². The lowest BCUT2D eigenvalue weighted by molar-refractivity contribution is 0.471. The smallest absolute Gasteiger partial charge is 0.119 e. The summed E-state index contributed by atoms with van der Waals surface area (Å²) in [6.07, 6.45) is 9.23. The number of aromatic hydroxyl groups is 1. The van der Waals surface area contributed by atoms with Gasteiger partial charge in [0, 0.05) is 0 Å². The maximum absolute atomic E-state index is 9.51. The molecule has 0 atom stereocenters. The van der Waals surface area contributed by atoms with E-state index in [2.05, 4.69) is 19.1 Å². The molecule has 0 aromatic heterocycles. The molecule has 1 nitrogen and oxygen atoms in total. The summed E-state index contributed by atoms with van der Waals surface area (Å²) in [6.45, 7) is 4.16. The number of phenols is 1. The molecule has 0 aliphatic carbocycles. The van der Waals surface area contributed by atoms with Crippen LogP contribution in [-0.4, -0.2) is 5.11 Å². The lowest BCUT2D eigenvalue weighted by atomic mass is 10.1. The Morgan fingerprint density at radius 2 is 2.07 bits per heavy atom. The first-order chi connectivity index (χ1) is 7.25. The number of benzene rings is 1. The van der Waals surface area contributed by atoms with E-state index in [1.807, 2.05) is 19.1 Å². The molecule has 1 heteroatoms. The molecule has 1 rings (SSSR count). The van der Waals surface area contributed by atoms with Crippen LogP contribution in [-0.2, 0) is 0 Å². The number of hydrogen-bond acceptors (Lipinski definition) is 1. The molecule has 0 aliphatic rings. The molecule has 0 spiro atoms. The SMILES string of the molecule is CCCCCC=Cc1cccc(O)c1C. The van der Waals surface area contributed by atoms with E-state index in [4.69, 9.17) is 0 Å². The minimum atomic E-state index is 0.380. The maximum atomic E-state index is 9.51. The van der Waals surface area contributed by atoms with Crippen LogP contribution in [0.4, 0.5) is 0 Å². The lowest BCUT2D eigenvalue weighted by Gasteiger charge is -2.02. The van der Waals surface area contributed by atoms with Crippen LogP contribution in [0.5, 0.6) is 5.75 Å². The van der Waals surface area contributed by atoms with E-state index in [-0.39, 0.29) is 0 Å². The number of unbranched alkanes of at least 4 members (excludes halogenated alkanes) is 3. The van der Waals surface area contributed by atoms with Gasteiger partial charge in [-0.2, -0.15) is 0 Å². The van der Waals surface area contributed by atoms with Crippen LogP contribution < -0.4 is 0 Å². The highest BCUT2D eigenvalue weighted by molar-refractivity contribution is 5.56. The first kappa shape index (κ1) is 11.8. The number of allylic oxidation sites excluding steroid dienone is 1. The molecule has 0 saturated heterocycles. The molecule has 15 heavy (non-hydrogen) atoms. The van der Waals surface area contributed by atoms with Crippen LogP contribution in [0.25, 0.3) is 6.08 Å². The second-order valence-electron chi connectivity index (χ2n) is 3.89. The molecule has 1 aromatic carbocycles. The Balaban J connectivity index is 2.53. The largest absolute Gasteiger partial charge is 0.508 e. The fourth-order valence-corrected chi connectivity index (χ4v) is 1.54. The first-order valence-corrected chi connectivity index (χ1v) is 5.70. The average Bonchev–Trinajstić information content (AvgIpc) is 2.24. The van der Waals surface area contributed by atoms with Crippen molar-refractivity contribution < 1.29 is 5.11 Å². The van der Waals surface area contributed by atoms with Gasteiger partial charge in [-0.05, 0) is 37.0 Å². The fraction of sp³-hybridized carbons (Fsp3) is 0.429. The molecule has 0 aliphatic heterocycles. The van der Waals surface area contributed by atoms with Crippen molar-refractivity contribution in [2.75, 3.05) is 0 Å². The Morgan fingerprint density at radius 1 is 1.27 bits per heavy atom. The molecule has 0 bridgehead atoms. The fourth-order valence-electron chi connectivity index (χ4n) is 1.54. The predicted molar refractivity (Wildman–Crippen MR) is 66.0 cm³/mol. The van der Waals surface area contributed by atoms with Gasteiger partial charge in [0.25, 0.3) is 0 Å². The van der Waals surface area contributed by atoms with Gasteiger partial charge in [-0.3, -0.25) is 0 Å². The van der Waals surface area contributed by atoms with Crippen molar-refractivity contribution >= 4 is 6.08 Å². The number of phenolic OH excluding ortho intramolecular Hbond substituents is 1. The van der Waals surface area contributed by atoms with E-state index in [0.29, 0.717) is 5.75 Å². The van der Waals surface area contributed by atoms with Crippen LogP contribution in [0.3, 0.4) is 0 Å². The third-order valence-corrected chi connectivity index (χ3v) is 2.62. The molecule has 1 N–H and O–H groups in total. The topological polar surface area (TPSA) is 20.2 Å². The summed E-state index contributed by atoms with van der Waals surface area (Å²) in [5.41, 5.74) is 2.08. The standard InChI is InChI=1S/C14H20O/c1-3-4-5-6-7-9-13-10-8-11-14(15)12(13)2/h7-11,15H,3-6H2,1-2H3. The van der Waals surface area contributed by atoms with Crippen LogP contribution >= 0.6 is 0 Å². The number of rotatable bonds is 5. The van der Waals surface area contributed by atoms with Crippen LogP contribution in [0.1, 0.15) is 43.7 Å². The van der Waals surface area contributed by atoms with E-state index in [1.165, 1.54) is 19.3 Å². The Bertz CT molecular complexity index is 326. The van der Waals surface area contributed by atoms with E-state index in [0.717, 1.165) is 17.5 Å². The zero-order valence-corrected chi connectivity index (χ0v) is 9.66. The van der Waals surface area contributed by atoms with E-state index < -0.39 is 0 Å². The minimum absolute atomic E-state index is 0.380. The summed E-state index contributed by atoms with van der Waals surface area (Å²) in [4.78, 5) is 0. The van der Waals surface area contributed by atoms with Crippen LogP contribution in [0, 0.1) is 6.92 Å². The van der Waals surface area contributed by atoms with Gasteiger partial charge in [0.1, 0.15) is 5.75 Å². The van der Waals surface area contributed by atoms with Crippen molar-refractivity contribution in [2.24, 2.45) is 0 Å². The second kappa shape index (κ2) is 6.28. The molecule has 0 saturated carbocycles. The Labute approximate surface area is 92.5 Å². The normalized spacial score (nSPS) is 11.1. The summed E-state index contributed by atoms with van der Waals surface area (Å²) in [5.74, 6) is 0.380. The molecular formula is C14H20O. The summed E-state index contributed by atoms with van der Waals surface area (Å²) >= 11 is 0. The molecule has 1 aromatic rings. The van der Waals surface area contributed by atoms with Crippen molar-refractivity contribution in [1.82, 2.24) is 0 Å². The van der Waals surface area contributed by atoms with Gasteiger partial charge in [0.05, 0.1) is 0 Å². The van der Waals surface area contributed by atoms with Gasteiger partial charge >= 0.3 is 0 Å². The summed E-state index contributed by atoms with van der Waals surface area (Å²) < 4.78 is 0. The second-order valence-corrected chi connectivity index (χ2v) is 3.89. The van der Waals surface area contributed by atoms with Gasteiger partial charge < -0.3 is 5.11 Å². The monoisotopic (exact) mass is 204 g/mol. The van der Waals surface area contributed by atoms with Crippen molar-refractivity contribution in [3.63, 3.8) is 0 Å². The zero-order valence-electron chi connectivity index (χ0n) is 9.66. The van der Waals surface area contributed by atoms with Crippen molar-refractivity contribution in [3.05, 3.63) is 35.4 Å². The van der Waals surface area contributed by atoms with E-state index in [1.54, 1.807) is 6.07 Å². The summed E-state index contributed by atoms with van der Waals surface area (Å²) in [5, 5.41) is 9.51. The summed E-state index contributed by atoms with van der Waals surface area (Å²) in [6, 6.07) is 5.64. The highest BCUT2D eigenvalue weighted by Gasteiger charge is 1.97. The van der Waals surface area contributed by atoms with E-state index >= 15 is 0 Å². The Morgan fingerprint density at radius 3 is 2.80 bits per heavy atom. The molecule has 0 radical (unpaired) electrons. The highest BCUT2D eigenvalue weighted by atomic mass is 16.3. The molecular weight excluding hydrogens is 184 g/mol. The van der Waals surface area contributed by atoms with Crippen molar-refractivity contribution in [3.8, 4) is 5.75 Å². The first-order valence-electron chi connectivity index (χ1n) is 5.70. The van der Waals surface area contributed by atoms with Crippen LogP contribution in [0.15, 0.2) is 24.3 Å². The quantitative estimate of drug-likeness (QED) is 0.709. The predicted octanol–water partition coefficient (Wildman–Crippen LogP) is 4.29. The average molecular weight is 204 g/mol. The zero-order chi connectivity index (χ0) is 11.1. The van der Waals surface area contributed by atoms with Gasteiger partial charge in [-0.25, -0.2) is 0 Å². The molecule has 0 amide bonds. The molecule has 0 heterocycles. The third-order valence-electron chi connectivity index (χ3n) is 2.62.